The molecule has 0 rings (SSSR count). The van der Waals surface area contributed by atoms with E-state index in [-0.39, 0.29) is 5.41 Å². The Morgan fingerprint density at radius 3 is 1.92 bits per heavy atom. The molecular formula is C8H14F3NO. The largest absolute Gasteiger partial charge is 0.593 e. The minimum Gasteiger partial charge on any atom is -0.294 e. The summed E-state index contributed by atoms with van der Waals surface area (Å²) in [5.41, 5.74) is 0.00447. The number of hydrogen-bond donors (Lipinski definition) is 0. The van der Waals surface area contributed by atoms with Crippen LogP contribution in [0, 0.1) is 5.41 Å². The van der Waals surface area contributed by atoms with Crippen molar-refractivity contribution in [2.45, 2.75) is 40.5 Å². The molecular weight excluding hydrogens is 183 g/mol. The third-order valence-electron chi connectivity index (χ3n) is 1.46. The summed E-state index contributed by atoms with van der Waals surface area (Å²) >= 11 is 0. The van der Waals surface area contributed by atoms with E-state index in [0.29, 0.717) is 12.1 Å². The zero-order valence-corrected chi connectivity index (χ0v) is 8.20. The number of rotatable bonds is 2. The lowest BCUT2D eigenvalue weighted by atomic mass is 9.89. The SMILES string of the molecule is CCC(=NOC(F)(F)F)C(C)(C)C. The van der Waals surface area contributed by atoms with Crippen molar-refractivity contribution in [3.05, 3.63) is 0 Å². The lowest BCUT2D eigenvalue weighted by molar-refractivity contribution is -0.325. The number of hydrogen-bond acceptors (Lipinski definition) is 2. The highest BCUT2D eigenvalue weighted by molar-refractivity contribution is 5.88. The number of halogens is 3. The van der Waals surface area contributed by atoms with Gasteiger partial charge in [-0.1, -0.05) is 32.9 Å². The minimum absolute atomic E-state index is 0.389. The van der Waals surface area contributed by atoms with Gasteiger partial charge in [-0.2, -0.15) is 0 Å². The summed E-state index contributed by atoms with van der Waals surface area (Å²) in [6.45, 7) is 7.10. The predicted molar refractivity (Wildman–Crippen MR) is 44.3 cm³/mol. The van der Waals surface area contributed by atoms with E-state index in [1.54, 1.807) is 27.7 Å². The van der Waals surface area contributed by atoms with E-state index in [1.165, 1.54) is 0 Å². The molecule has 0 atom stereocenters. The standard InChI is InChI=1S/C8H14F3NO/c1-5-6(7(2,3)4)12-13-8(9,10)11/h5H2,1-4H3. The normalized spacial score (nSPS) is 14.5. The van der Waals surface area contributed by atoms with Crippen LogP contribution in [-0.4, -0.2) is 12.1 Å². The van der Waals surface area contributed by atoms with Gasteiger partial charge >= 0.3 is 6.36 Å². The predicted octanol–water partition coefficient (Wildman–Crippen LogP) is 3.33. The van der Waals surface area contributed by atoms with E-state index in [9.17, 15) is 13.2 Å². The first-order chi connectivity index (χ1) is 5.67. The first kappa shape index (κ1) is 12.3. The molecule has 0 fully saturated rings. The lowest BCUT2D eigenvalue weighted by Gasteiger charge is -2.19. The Kier molecular flexibility index (Phi) is 3.75. The molecule has 0 saturated heterocycles. The van der Waals surface area contributed by atoms with E-state index in [0.717, 1.165) is 0 Å². The molecule has 0 aromatic rings. The monoisotopic (exact) mass is 197 g/mol. The number of oxime groups is 1. The van der Waals surface area contributed by atoms with E-state index in [4.69, 9.17) is 0 Å². The summed E-state index contributed by atoms with van der Waals surface area (Å²) in [6, 6.07) is 0. The average molecular weight is 197 g/mol. The third-order valence-corrected chi connectivity index (χ3v) is 1.46. The van der Waals surface area contributed by atoms with Crippen molar-refractivity contribution in [3.8, 4) is 0 Å². The van der Waals surface area contributed by atoms with Crippen LogP contribution in [-0.2, 0) is 4.84 Å². The number of nitrogens with zero attached hydrogens (tertiary/aromatic N) is 1. The zero-order valence-electron chi connectivity index (χ0n) is 8.20. The Balaban J connectivity index is 4.42. The molecule has 0 aliphatic rings. The lowest BCUT2D eigenvalue weighted by Crippen LogP contribution is -2.21. The van der Waals surface area contributed by atoms with Gasteiger partial charge in [0.2, 0.25) is 0 Å². The van der Waals surface area contributed by atoms with E-state index >= 15 is 0 Å². The van der Waals surface area contributed by atoms with Crippen LogP contribution < -0.4 is 0 Å². The maximum absolute atomic E-state index is 11.6. The first-order valence-electron chi connectivity index (χ1n) is 3.99. The molecule has 5 heteroatoms. The Bertz CT molecular complexity index is 191. The molecule has 0 aromatic carbocycles. The molecule has 0 heterocycles. The summed E-state index contributed by atoms with van der Waals surface area (Å²) in [5, 5.41) is 3.08. The summed E-state index contributed by atoms with van der Waals surface area (Å²) in [5.74, 6) is 0. The third kappa shape index (κ3) is 5.49. The highest BCUT2D eigenvalue weighted by Crippen LogP contribution is 2.22. The highest BCUT2D eigenvalue weighted by Gasteiger charge is 2.32. The fourth-order valence-electron chi connectivity index (χ4n) is 0.839. The summed E-state index contributed by atoms with van der Waals surface area (Å²) in [7, 11) is 0. The van der Waals surface area contributed by atoms with Gasteiger partial charge in [0, 0.05) is 5.41 Å². The van der Waals surface area contributed by atoms with Crippen LogP contribution in [0.5, 0.6) is 0 Å². The Hall–Kier alpha value is -0.740. The molecule has 0 aliphatic heterocycles. The van der Waals surface area contributed by atoms with Gasteiger partial charge in [-0.15, -0.1) is 13.2 Å². The summed E-state index contributed by atoms with van der Waals surface area (Å²) < 4.78 is 34.8. The quantitative estimate of drug-likeness (QED) is 0.491. The van der Waals surface area contributed by atoms with Crippen molar-refractivity contribution in [1.82, 2.24) is 0 Å². The van der Waals surface area contributed by atoms with Crippen molar-refractivity contribution in [1.29, 1.82) is 0 Å². The fraction of sp³-hybridized carbons (Fsp3) is 0.875. The molecule has 0 amide bonds. The van der Waals surface area contributed by atoms with Crippen LogP contribution in [0.2, 0.25) is 0 Å². The summed E-state index contributed by atoms with van der Waals surface area (Å²) in [4.78, 5) is 3.40. The van der Waals surface area contributed by atoms with Crippen LogP contribution >= 0.6 is 0 Å². The topological polar surface area (TPSA) is 21.6 Å². The Morgan fingerprint density at radius 2 is 1.69 bits per heavy atom. The van der Waals surface area contributed by atoms with E-state index in [1.807, 2.05) is 0 Å². The Morgan fingerprint density at radius 1 is 1.23 bits per heavy atom. The molecule has 0 radical (unpaired) electrons. The second-order valence-electron chi connectivity index (χ2n) is 3.68. The van der Waals surface area contributed by atoms with Crippen molar-refractivity contribution in [2.24, 2.45) is 10.6 Å². The molecule has 0 bridgehead atoms. The highest BCUT2D eigenvalue weighted by atomic mass is 19.4. The number of alkyl halides is 3. The molecule has 13 heavy (non-hydrogen) atoms. The fourth-order valence-corrected chi connectivity index (χ4v) is 0.839. The van der Waals surface area contributed by atoms with Crippen LogP contribution in [0.15, 0.2) is 5.16 Å². The van der Waals surface area contributed by atoms with Crippen LogP contribution in [0.25, 0.3) is 0 Å². The molecule has 0 unspecified atom stereocenters. The van der Waals surface area contributed by atoms with Gasteiger partial charge in [-0.05, 0) is 6.42 Å². The van der Waals surface area contributed by atoms with Gasteiger partial charge in [0.25, 0.3) is 0 Å². The minimum atomic E-state index is -4.69. The first-order valence-corrected chi connectivity index (χ1v) is 3.99. The van der Waals surface area contributed by atoms with Gasteiger partial charge in [-0.25, -0.2) is 0 Å². The van der Waals surface area contributed by atoms with Crippen molar-refractivity contribution >= 4 is 5.71 Å². The maximum Gasteiger partial charge on any atom is 0.593 e. The van der Waals surface area contributed by atoms with Gasteiger partial charge in [0.05, 0.1) is 5.71 Å². The van der Waals surface area contributed by atoms with Crippen LogP contribution in [0.4, 0.5) is 13.2 Å². The van der Waals surface area contributed by atoms with E-state index in [2.05, 4.69) is 9.99 Å². The molecule has 0 N–H and O–H groups in total. The van der Waals surface area contributed by atoms with E-state index < -0.39 is 6.36 Å². The zero-order chi connectivity index (χ0) is 10.7. The smallest absolute Gasteiger partial charge is 0.294 e. The van der Waals surface area contributed by atoms with Crippen LogP contribution in [0.1, 0.15) is 34.1 Å². The summed E-state index contributed by atoms with van der Waals surface area (Å²) in [6.07, 6.45) is -4.24. The second kappa shape index (κ2) is 3.98. The molecule has 0 saturated carbocycles. The van der Waals surface area contributed by atoms with Crippen LogP contribution in [0.3, 0.4) is 0 Å². The molecule has 2 nitrogen and oxygen atoms in total. The van der Waals surface area contributed by atoms with Gasteiger partial charge < -0.3 is 0 Å². The second-order valence-corrected chi connectivity index (χ2v) is 3.68. The van der Waals surface area contributed by atoms with Gasteiger partial charge in [-0.3, -0.25) is 4.84 Å². The van der Waals surface area contributed by atoms with Gasteiger partial charge in [0.1, 0.15) is 0 Å². The molecule has 0 spiro atoms. The van der Waals surface area contributed by atoms with Crippen molar-refractivity contribution < 1.29 is 18.0 Å². The maximum atomic E-state index is 11.6. The van der Waals surface area contributed by atoms with Crippen molar-refractivity contribution in [2.75, 3.05) is 0 Å². The molecule has 0 aliphatic carbocycles. The average Bonchev–Trinajstić information content (AvgIpc) is 1.82. The van der Waals surface area contributed by atoms with Gasteiger partial charge in [0.15, 0.2) is 0 Å². The molecule has 0 aromatic heterocycles. The Labute approximate surface area is 75.8 Å². The van der Waals surface area contributed by atoms with Crippen molar-refractivity contribution in [3.63, 3.8) is 0 Å². The molecule has 78 valence electrons.